The molecule has 0 spiro atoms. The molecular formula is C101H152N16O29S. The monoisotopic (exact) mass is 2090 g/mol. The van der Waals surface area contributed by atoms with Gasteiger partial charge < -0.3 is 130 Å². The number of carbonyl (C=O) groups excluding carboxylic acids is 8. The van der Waals surface area contributed by atoms with Gasteiger partial charge in [-0.3, -0.25) is 23.8 Å². The van der Waals surface area contributed by atoms with Crippen LogP contribution in [-0.2, 0) is 136 Å². The number of amides is 8. The number of nitrogens with zero attached hydrogens (tertiary/aromatic N) is 6. The molecule has 0 saturated carbocycles. The van der Waals surface area contributed by atoms with E-state index in [9.17, 15) is 51.6 Å². The number of amidine groups is 1. The third kappa shape index (κ3) is 65.2. The number of aromatic nitrogens is 4. The van der Waals surface area contributed by atoms with E-state index in [0.29, 0.717) is 57.1 Å². The number of hydrogen-bond acceptors (Lipinski definition) is 34. The van der Waals surface area contributed by atoms with Crippen LogP contribution in [0.2, 0.25) is 0 Å². The van der Waals surface area contributed by atoms with Crippen LogP contribution in [0.4, 0.5) is 28.8 Å². The van der Waals surface area contributed by atoms with Gasteiger partial charge in [-0.15, -0.1) is 5.10 Å². The fourth-order valence-corrected chi connectivity index (χ4v) is 11.9. The Labute approximate surface area is 860 Å². The average molecular weight is 2090 g/mol. The van der Waals surface area contributed by atoms with Gasteiger partial charge in [0.05, 0.1) is 132 Å². The van der Waals surface area contributed by atoms with Gasteiger partial charge in [-0.05, 0) is 168 Å². The van der Waals surface area contributed by atoms with Crippen molar-refractivity contribution in [1.82, 2.24) is 68.2 Å². The van der Waals surface area contributed by atoms with Gasteiger partial charge >= 0.3 is 42.5 Å². The van der Waals surface area contributed by atoms with E-state index in [1.807, 2.05) is 203 Å². The lowest BCUT2D eigenvalue weighted by atomic mass is 10.2. The predicted molar refractivity (Wildman–Crippen MR) is 546 cm³/mol. The normalized spacial score (nSPS) is 13.2. The summed E-state index contributed by atoms with van der Waals surface area (Å²) in [7, 11) is -3.59. The smallest absolute Gasteiger partial charge is 0.408 e. The van der Waals surface area contributed by atoms with Crippen molar-refractivity contribution in [3.05, 3.63) is 221 Å². The van der Waals surface area contributed by atoms with E-state index in [1.54, 1.807) is 104 Å². The molecule has 6 unspecified atom stereocenters. The number of tetrazole rings is 1. The van der Waals surface area contributed by atoms with Gasteiger partial charge in [0, 0.05) is 13.1 Å². The van der Waals surface area contributed by atoms with Crippen LogP contribution in [0.5, 0.6) is 0 Å². The highest BCUT2D eigenvalue weighted by molar-refractivity contribution is 7.86. The van der Waals surface area contributed by atoms with Gasteiger partial charge in [-0.1, -0.05) is 182 Å². The number of carboxylic acids is 1. The van der Waals surface area contributed by atoms with E-state index in [-0.39, 0.29) is 105 Å². The molecule has 1 aliphatic heterocycles. The number of alkyl carbamates (subject to hydrolysis) is 6. The third-order valence-electron chi connectivity index (χ3n) is 17.5. The molecule has 46 heteroatoms. The summed E-state index contributed by atoms with van der Waals surface area (Å²) in [5, 5.41) is 67.7. The topological polar surface area (TPSA) is 601 Å². The summed E-state index contributed by atoms with van der Waals surface area (Å²) in [6, 6.07) is 52.6. The van der Waals surface area contributed by atoms with Crippen LogP contribution in [0, 0.1) is 0 Å². The second-order valence-electron chi connectivity index (χ2n) is 38.1. The van der Waals surface area contributed by atoms with Crippen molar-refractivity contribution < 1.29 is 138 Å². The minimum absolute atomic E-state index is 0.00853. The molecule has 816 valence electrons. The standard InChI is InChI=1S/C18H28N2O7S.C17H25N5O4.C17H28N4O4.C17H26N2O5.C17H24N2O4.C15H21NO5/c1-18(2,3)27-17(22)20-15(13-25-12-14-8-6-5-7-9-14)16(21)19-10-11-26-28(4,23)24;1-17(2,3)26-16(24)18-14(15-19-20-21-22(15)9-10-23)12-25-11-13-7-5-4-6-8-13;1-17(2,3)25-16(23)20-14(15(21-18)19-9-10-22)12-24-11-13-7-5-4-6-8-13;1-17(2,3)24-16(22)19-14(15(21)18-9-10-20)12-23-11-13-7-5-4-6-8-13;1-17(2,3)23-16(20)19-14(15-18-9-10-22-15)12-21-11-13-7-5-4-6-8-13;1-15(2,3)21-14(19)16-12(13(17)18)10-20-9-11-7-5-4-6-8-11/h5-9,15H,10-13H2,1-4H3,(H,19,21)(H,20,22);4-8,14,23H,9-12H2,1-3H3,(H,18,24);4-8,14,22H,9-12,18H2,1-3H3,(H,19,21)(H,20,23);4-8,14,20H,9-12H2,1-3H3,(H,18,21)(H,19,22);4-8,14H,9-12H2,1-3H3,(H,19,20);4-8,12H,9-10H2,1-3H3,(H,16,19)(H,17,18). The summed E-state index contributed by atoms with van der Waals surface area (Å²) in [5.74, 6) is 4.51. The molecule has 1 aromatic heterocycles. The van der Waals surface area contributed by atoms with Crippen molar-refractivity contribution in [2.24, 2.45) is 15.8 Å². The lowest BCUT2D eigenvalue weighted by Gasteiger charge is -2.24. The summed E-state index contributed by atoms with van der Waals surface area (Å²) >= 11 is 0. The first kappa shape index (κ1) is 128. The van der Waals surface area contributed by atoms with E-state index >= 15 is 0 Å². The van der Waals surface area contributed by atoms with E-state index in [4.69, 9.17) is 87.8 Å². The van der Waals surface area contributed by atoms with E-state index in [1.165, 1.54) is 4.68 Å². The first-order valence-corrected chi connectivity index (χ1v) is 49.1. The molecule has 1 aliphatic rings. The number of carboxylic acid groups (broad SMARTS) is 1. The van der Waals surface area contributed by atoms with Crippen molar-refractivity contribution in [3.63, 3.8) is 0 Å². The minimum Gasteiger partial charge on any atom is -0.480 e. The van der Waals surface area contributed by atoms with Crippen molar-refractivity contribution in [1.29, 1.82) is 0 Å². The second kappa shape index (κ2) is 68.3. The number of benzene rings is 6. The molecule has 2 heterocycles. The third-order valence-corrected chi connectivity index (χ3v) is 18.1. The van der Waals surface area contributed by atoms with Crippen LogP contribution in [0.1, 0.15) is 170 Å². The zero-order valence-electron chi connectivity index (χ0n) is 87.5. The molecule has 0 fully saturated rings. The minimum atomic E-state index is -3.59. The number of aliphatic imine (C=N–C) groups is 2. The van der Waals surface area contributed by atoms with E-state index < -0.39 is 134 Å². The molecule has 8 rings (SSSR count). The Bertz CT molecular complexity index is 5100. The van der Waals surface area contributed by atoms with Crippen LogP contribution in [0.25, 0.3) is 0 Å². The molecular weight excluding hydrogens is 1930 g/mol. The molecule has 6 atom stereocenters. The Morgan fingerprint density at radius 3 is 1.01 bits per heavy atom. The van der Waals surface area contributed by atoms with Crippen molar-refractivity contribution in [2.75, 3.05) is 105 Å². The highest BCUT2D eigenvalue weighted by Gasteiger charge is 2.32. The fourth-order valence-electron chi connectivity index (χ4n) is 11.5. The quantitative estimate of drug-likeness (QED) is 0.00321. The summed E-state index contributed by atoms with van der Waals surface area (Å²) < 4.78 is 97.9. The molecule has 147 heavy (non-hydrogen) atoms. The van der Waals surface area contributed by atoms with Gasteiger partial charge in [0.25, 0.3) is 10.1 Å². The number of nitrogens with two attached hydrogens (primary N) is 1. The molecule has 0 saturated heterocycles. The van der Waals surface area contributed by atoms with Gasteiger partial charge in [-0.2, -0.15) is 8.42 Å². The molecule has 45 nitrogen and oxygen atoms in total. The molecule has 0 radical (unpaired) electrons. The number of nitrogens with one attached hydrogen (secondary N) is 9. The van der Waals surface area contributed by atoms with Gasteiger partial charge in [-0.25, -0.2) is 44.1 Å². The van der Waals surface area contributed by atoms with Crippen molar-refractivity contribution in [2.45, 2.75) is 241 Å². The Balaban J connectivity index is 0.000000454. The first-order chi connectivity index (χ1) is 69.2. The number of aliphatic hydroxyl groups is 3. The Morgan fingerprint density at radius 2 is 0.707 bits per heavy atom. The predicted octanol–water partition coefficient (Wildman–Crippen LogP) is 9.50. The zero-order valence-corrected chi connectivity index (χ0v) is 88.3. The highest BCUT2D eigenvalue weighted by atomic mass is 32.2. The molecule has 7 aromatic rings. The van der Waals surface area contributed by atoms with Crippen LogP contribution in [0.3, 0.4) is 0 Å². The molecule has 6 aromatic carbocycles. The maximum Gasteiger partial charge on any atom is 0.408 e. The summed E-state index contributed by atoms with van der Waals surface area (Å²) in [6.07, 6.45) is -3.03. The number of aliphatic hydroxyl groups excluding tert-OH is 3. The maximum atomic E-state index is 12.3. The van der Waals surface area contributed by atoms with Crippen LogP contribution >= 0.6 is 0 Å². The number of carbonyl (C=O) groups is 9. The van der Waals surface area contributed by atoms with Gasteiger partial charge in [0.15, 0.2) is 11.9 Å². The Morgan fingerprint density at radius 1 is 0.408 bits per heavy atom. The highest BCUT2D eigenvalue weighted by Crippen LogP contribution is 2.19. The average Bonchev–Trinajstić information content (AvgIpc) is 1.71. The lowest BCUT2D eigenvalue weighted by molar-refractivity contribution is -0.141. The van der Waals surface area contributed by atoms with Crippen LogP contribution < -0.4 is 53.8 Å². The van der Waals surface area contributed by atoms with E-state index in [0.717, 1.165) is 39.6 Å². The summed E-state index contributed by atoms with van der Waals surface area (Å²) in [4.78, 5) is 115. The van der Waals surface area contributed by atoms with E-state index in [2.05, 4.69) is 77.7 Å². The zero-order chi connectivity index (χ0) is 110. The van der Waals surface area contributed by atoms with Crippen LogP contribution in [0.15, 0.2) is 192 Å². The SMILES string of the molecule is CC(C)(C)OC(=O)NC(COCc1ccccc1)C(=NCCO)NN.CC(C)(C)OC(=O)NC(COCc1ccccc1)C(=O)NCCO.CC(C)(C)OC(=O)NC(COCc1ccccc1)C(=O)NCCOS(C)(=O)=O.CC(C)(C)OC(=O)NC(COCc1ccccc1)C(=O)O.CC(C)(C)OC(=O)NC(COCc1ccccc1)C1=NCCO1.CC(C)(C)OC(=O)NC(COCc1ccccc1)c1nnnn1CCO. The number of aliphatic carboxylic acids is 1. The van der Waals surface area contributed by atoms with Crippen molar-refractivity contribution in [3.8, 4) is 0 Å². The molecule has 15 N–H and O–H groups in total. The van der Waals surface area contributed by atoms with Gasteiger partial charge in [0.1, 0.15) is 76.3 Å². The molecule has 0 bridgehead atoms. The number of hydrazine groups is 1. The summed E-state index contributed by atoms with van der Waals surface area (Å²) in [6.45, 7) is 34.9. The molecule has 0 aliphatic carbocycles. The maximum absolute atomic E-state index is 12.3. The number of ether oxygens (including phenoxy) is 13. The Kier molecular flexibility index (Phi) is 59.5. The lowest BCUT2D eigenvalue weighted by Crippen LogP contribution is -2.52. The van der Waals surface area contributed by atoms with Gasteiger partial charge in [0.2, 0.25) is 17.7 Å². The number of rotatable bonds is 46. The molecule has 8 amide bonds. The second-order valence-corrected chi connectivity index (χ2v) is 39.7. The Hall–Kier alpha value is -13.1. The number of hydrogen-bond donors (Lipinski definition) is 14. The largest absolute Gasteiger partial charge is 0.480 e. The first-order valence-electron chi connectivity index (χ1n) is 47.3. The van der Waals surface area contributed by atoms with Crippen LogP contribution in [-0.4, -0.2) is 284 Å². The van der Waals surface area contributed by atoms with Crippen molar-refractivity contribution >= 4 is 76.2 Å². The fraction of sp³-hybridized carbons (Fsp3) is 0.525. The summed E-state index contributed by atoms with van der Waals surface area (Å²) in [5.41, 5.74) is 4.45.